The van der Waals surface area contributed by atoms with Crippen LogP contribution in [0.4, 0.5) is 0 Å². The Morgan fingerprint density at radius 2 is 1.84 bits per heavy atom. The third kappa shape index (κ3) is 6.31. The molecular weight excluding hydrogens is 336 g/mol. The fraction of sp³-hybridized carbons (Fsp3) is 0.450. The Bertz CT molecular complexity index is 666. The van der Waals surface area contributed by atoms with E-state index in [1.807, 2.05) is 48.9 Å². The van der Waals surface area contributed by atoms with Gasteiger partial charge in [-0.05, 0) is 50.3 Å². The lowest BCUT2D eigenvalue weighted by Crippen LogP contribution is -2.40. The maximum Gasteiger partial charge on any atom is 0.179 e. The lowest BCUT2D eigenvalue weighted by atomic mass is 9.97. The van der Waals surface area contributed by atoms with Crippen molar-refractivity contribution in [2.75, 3.05) is 6.61 Å². The average molecular weight is 365 g/mol. The molecule has 0 aliphatic rings. The lowest BCUT2D eigenvalue weighted by molar-refractivity contribution is 0.0972. The van der Waals surface area contributed by atoms with E-state index in [1.165, 1.54) is 5.56 Å². The zero-order valence-corrected chi connectivity index (χ0v) is 15.9. The summed E-state index contributed by atoms with van der Waals surface area (Å²) >= 11 is 0. The first-order chi connectivity index (χ1) is 11.4. The van der Waals surface area contributed by atoms with Crippen LogP contribution >= 0.6 is 12.4 Å². The van der Waals surface area contributed by atoms with Gasteiger partial charge in [-0.15, -0.1) is 12.4 Å². The number of aromatic nitrogens is 1. The second-order valence-corrected chi connectivity index (χ2v) is 6.84. The van der Waals surface area contributed by atoms with Crippen LogP contribution in [0.25, 0.3) is 0 Å². The number of Topliss-reactive ketones (excluding diaryl/α,β-unsaturated/α-hetero) is 1. The van der Waals surface area contributed by atoms with Crippen LogP contribution in [0.3, 0.4) is 0 Å². The van der Waals surface area contributed by atoms with E-state index in [0.717, 1.165) is 30.7 Å². The van der Waals surface area contributed by atoms with Crippen molar-refractivity contribution in [2.24, 2.45) is 12.8 Å². The van der Waals surface area contributed by atoms with Crippen molar-refractivity contribution in [1.29, 1.82) is 0 Å². The van der Waals surface area contributed by atoms with Crippen molar-refractivity contribution in [3.8, 4) is 0 Å². The average Bonchev–Trinajstić information content (AvgIpc) is 2.95. The molecule has 1 aromatic heterocycles. The van der Waals surface area contributed by atoms with Gasteiger partial charge in [0, 0.05) is 24.7 Å². The Hall–Kier alpha value is -1.62. The number of nitrogens with two attached hydrogens (primary N) is 1. The van der Waals surface area contributed by atoms with Crippen molar-refractivity contribution >= 4 is 18.2 Å². The van der Waals surface area contributed by atoms with E-state index in [4.69, 9.17) is 5.73 Å². The van der Waals surface area contributed by atoms with Gasteiger partial charge in [0.2, 0.25) is 0 Å². The van der Waals surface area contributed by atoms with Gasteiger partial charge in [0.1, 0.15) is 0 Å². The maximum absolute atomic E-state index is 12.4. The highest BCUT2D eigenvalue weighted by Crippen LogP contribution is 2.16. The first-order valence-corrected chi connectivity index (χ1v) is 8.54. The lowest BCUT2D eigenvalue weighted by Gasteiger charge is -2.21. The summed E-state index contributed by atoms with van der Waals surface area (Å²) in [5.41, 5.74) is 8.49. The first kappa shape index (κ1) is 21.4. The SMILES string of the molecule is Cl.Cn1c(CC[C@@](C)(N)CO)ccc1C(=O)CCCc1ccccc1. The molecule has 2 rings (SSSR count). The number of hydrogen-bond donors (Lipinski definition) is 2. The highest BCUT2D eigenvalue weighted by Gasteiger charge is 2.19. The molecule has 2 aromatic rings. The summed E-state index contributed by atoms with van der Waals surface area (Å²) in [4.78, 5) is 12.4. The van der Waals surface area contributed by atoms with Crippen LogP contribution in [-0.4, -0.2) is 27.6 Å². The molecule has 0 radical (unpaired) electrons. The molecule has 1 aromatic carbocycles. The number of benzene rings is 1. The number of aliphatic hydroxyl groups is 1. The zero-order chi connectivity index (χ0) is 17.6. The predicted octanol–water partition coefficient (Wildman–Crippen LogP) is 3.29. The minimum absolute atomic E-state index is 0. The summed E-state index contributed by atoms with van der Waals surface area (Å²) < 4.78 is 1.96. The molecule has 0 amide bonds. The molecule has 3 N–H and O–H groups in total. The molecule has 5 heteroatoms. The second kappa shape index (κ2) is 9.76. The van der Waals surface area contributed by atoms with Crippen LogP contribution in [0.1, 0.15) is 47.9 Å². The van der Waals surface area contributed by atoms with Crippen molar-refractivity contribution in [1.82, 2.24) is 4.57 Å². The van der Waals surface area contributed by atoms with E-state index < -0.39 is 5.54 Å². The van der Waals surface area contributed by atoms with Crippen LogP contribution in [0.5, 0.6) is 0 Å². The molecule has 0 fully saturated rings. The zero-order valence-electron chi connectivity index (χ0n) is 15.1. The Labute approximate surface area is 156 Å². The summed E-state index contributed by atoms with van der Waals surface area (Å²) in [6.07, 6.45) is 3.77. The van der Waals surface area contributed by atoms with Gasteiger partial charge in [-0.25, -0.2) is 0 Å². The molecule has 0 spiro atoms. The van der Waals surface area contributed by atoms with Crippen LogP contribution in [0.15, 0.2) is 42.5 Å². The summed E-state index contributed by atoms with van der Waals surface area (Å²) in [7, 11) is 1.92. The highest BCUT2D eigenvalue weighted by molar-refractivity contribution is 5.94. The Morgan fingerprint density at radius 1 is 1.16 bits per heavy atom. The molecule has 0 aliphatic carbocycles. The van der Waals surface area contributed by atoms with Crippen LogP contribution in [0.2, 0.25) is 0 Å². The number of hydrogen-bond acceptors (Lipinski definition) is 3. The van der Waals surface area contributed by atoms with E-state index in [0.29, 0.717) is 12.8 Å². The molecule has 1 atom stereocenters. The summed E-state index contributed by atoms with van der Waals surface area (Å²) in [6, 6.07) is 14.1. The Morgan fingerprint density at radius 3 is 2.48 bits per heavy atom. The topological polar surface area (TPSA) is 68.2 Å². The van der Waals surface area contributed by atoms with Gasteiger partial charge >= 0.3 is 0 Å². The monoisotopic (exact) mass is 364 g/mol. The van der Waals surface area contributed by atoms with Crippen molar-refractivity contribution in [2.45, 2.75) is 44.6 Å². The molecule has 0 unspecified atom stereocenters. The fourth-order valence-electron chi connectivity index (χ4n) is 2.80. The number of nitrogens with zero attached hydrogens (tertiary/aromatic N) is 1. The highest BCUT2D eigenvalue weighted by atomic mass is 35.5. The van der Waals surface area contributed by atoms with E-state index >= 15 is 0 Å². The Balaban J connectivity index is 0.00000312. The van der Waals surface area contributed by atoms with Gasteiger partial charge in [-0.2, -0.15) is 0 Å². The smallest absolute Gasteiger partial charge is 0.179 e. The predicted molar refractivity (Wildman–Crippen MR) is 104 cm³/mol. The summed E-state index contributed by atoms with van der Waals surface area (Å²) in [5, 5.41) is 9.24. The minimum Gasteiger partial charge on any atom is -0.394 e. The largest absolute Gasteiger partial charge is 0.394 e. The third-order valence-corrected chi connectivity index (χ3v) is 4.54. The normalized spacial score (nSPS) is 13.1. The van der Waals surface area contributed by atoms with Gasteiger partial charge < -0.3 is 15.4 Å². The van der Waals surface area contributed by atoms with Gasteiger partial charge in [0.15, 0.2) is 5.78 Å². The molecule has 25 heavy (non-hydrogen) atoms. The van der Waals surface area contributed by atoms with Crippen LogP contribution < -0.4 is 5.73 Å². The van der Waals surface area contributed by atoms with Crippen LogP contribution in [0, 0.1) is 0 Å². The van der Waals surface area contributed by atoms with Gasteiger partial charge in [-0.3, -0.25) is 4.79 Å². The second-order valence-electron chi connectivity index (χ2n) is 6.84. The van der Waals surface area contributed by atoms with E-state index in [-0.39, 0.29) is 24.8 Å². The quantitative estimate of drug-likeness (QED) is 0.671. The molecule has 4 nitrogen and oxygen atoms in total. The van der Waals surface area contributed by atoms with Gasteiger partial charge in [-0.1, -0.05) is 30.3 Å². The van der Waals surface area contributed by atoms with Gasteiger partial charge in [0.05, 0.1) is 12.3 Å². The van der Waals surface area contributed by atoms with Crippen molar-refractivity contribution in [3.63, 3.8) is 0 Å². The van der Waals surface area contributed by atoms with Gasteiger partial charge in [0.25, 0.3) is 0 Å². The van der Waals surface area contributed by atoms with E-state index in [9.17, 15) is 9.90 Å². The fourth-order valence-corrected chi connectivity index (χ4v) is 2.80. The summed E-state index contributed by atoms with van der Waals surface area (Å²) in [5.74, 6) is 0.178. The molecule has 0 saturated carbocycles. The van der Waals surface area contributed by atoms with E-state index in [1.54, 1.807) is 0 Å². The number of rotatable bonds is 9. The number of aryl methyl sites for hydroxylation is 2. The maximum atomic E-state index is 12.4. The number of carbonyl (C=O) groups is 1. The molecular formula is C20H29ClN2O2. The number of halogens is 1. The van der Waals surface area contributed by atoms with Crippen molar-refractivity contribution in [3.05, 3.63) is 59.4 Å². The van der Waals surface area contributed by atoms with Crippen LogP contribution in [-0.2, 0) is 19.9 Å². The third-order valence-electron chi connectivity index (χ3n) is 4.54. The standard InChI is InChI=1S/C20H28N2O2.ClH/c1-20(21,15-23)14-13-17-11-12-18(22(17)2)19(24)10-6-9-16-7-4-3-5-8-16;/h3-5,7-8,11-12,23H,6,9-10,13-15,21H2,1-2H3;1H/t20-;/m1./s1. The molecule has 0 aliphatic heterocycles. The molecule has 1 heterocycles. The number of aliphatic hydroxyl groups excluding tert-OH is 1. The molecule has 0 bridgehead atoms. The summed E-state index contributed by atoms with van der Waals surface area (Å²) in [6.45, 7) is 1.80. The first-order valence-electron chi connectivity index (χ1n) is 8.54. The molecule has 0 saturated heterocycles. The van der Waals surface area contributed by atoms with E-state index in [2.05, 4.69) is 12.1 Å². The molecule has 138 valence electrons. The Kier molecular flexibility index (Phi) is 8.36. The minimum atomic E-state index is -0.579. The number of carbonyl (C=O) groups excluding carboxylic acids is 1. The van der Waals surface area contributed by atoms with Crippen molar-refractivity contribution < 1.29 is 9.90 Å². The number of ketones is 1.